The Kier molecular flexibility index (Phi) is 7.35. The molecule has 0 aliphatic carbocycles. The first kappa shape index (κ1) is 19.7. The van der Waals surface area contributed by atoms with E-state index in [2.05, 4.69) is 31.8 Å². The number of amides is 2. The quantitative estimate of drug-likeness (QED) is 0.428. The molecule has 0 heterocycles. The van der Waals surface area contributed by atoms with Crippen molar-refractivity contribution in [3.63, 3.8) is 0 Å². The van der Waals surface area contributed by atoms with Crippen LogP contribution in [0.1, 0.15) is 25.0 Å². The Hall–Kier alpha value is -2.67. The van der Waals surface area contributed by atoms with Crippen LogP contribution in [-0.4, -0.2) is 24.6 Å². The summed E-state index contributed by atoms with van der Waals surface area (Å²) in [7, 11) is 0. The molecule has 0 radical (unpaired) electrons. The van der Waals surface area contributed by atoms with E-state index >= 15 is 0 Å². The Morgan fingerprint density at radius 1 is 1.15 bits per heavy atom. The number of anilines is 1. The fourth-order valence-electron chi connectivity index (χ4n) is 2.22. The number of carbonyl (C=O) groups is 2. The number of hydrogen-bond acceptors (Lipinski definition) is 4. The average Bonchev–Trinajstić information content (AvgIpc) is 2.64. The molecule has 2 aromatic rings. The molecule has 0 spiro atoms. The van der Waals surface area contributed by atoms with Crippen molar-refractivity contribution in [2.75, 3.05) is 11.9 Å². The van der Waals surface area contributed by atoms with Crippen molar-refractivity contribution < 1.29 is 14.3 Å². The molecule has 0 aromatic heterocycles. The van der Waals surface area contributed by atoms with Gasteiger partial charge in [-0.15, -0.1) is 0 Å². The number of ether oxygens (including phenoxy) is 1. The molecular formula is C19H20BrN3O3. The second-order valence-corrected chi connectivity index (χ2v) is 6.14. The molecule has 0 aliphatic heterocycles. The number of aryl methyl sites for hydroxylation is 1. The van der Waals surface area contributed by atoms with Crippen LogP contribution in [0.2, 0.25) is 0 Å². The Bertz CT molecular complexity index is 821. The molecule has 2 rings (SSSR count). The zero-order valence-corrected chi connectivity index (χ0v) is 16.2. The van der Waals surface area contributed by atoms with E-state index in [4.69, 9.17) is 4.74 Å². The normalized spacial score (nSPS) is 10.6. The number of hydrogen-bond donors (Lipinski definition) is 2. The zero-order chi connectivity index (χ0) is 18.9. The topological polar surface area (TPSA) is 79.8 Å². The third kappa shape index (κ3) is 5.42. The lowest BCUT2D eigenvalue weighted by Crippen LogP contribution is -2.32. The number of carbonyl (C=O) groups excluding carboxylic acids is 2. The number of nitrogens with one attached hydrogen (secondary N) is 2. The van der Waals surface area contributed by atoms with Gasteiger partial charge in [0.15, 0.2) is 0 Å². The Morgan fingerprint density at radius 3 is 2.62 bits per heavy atom. The smallest absolute Gasteiger partial charge is 0.329 e. The number of rotatable bonds is 6. The monoisotopic (exact) mass is 417 g/mol. The van der Waals surface area contributed by atoms with E-state index in [1.807, 2.05) is 26.0 Å². The molecule has 0 unspecified atom stereocenters. The van der Waals surface area contributed by atoms with Crippen LogP contribution in [0.5, 0.6) is 5.75 Å². The number of nitrogens with zero attached hydrogens (tertiary/aromatic N) is 1. The van der Waals surface area contributed by atoms with Crippen molar-refractivity contribution in [2.24, 2.45) is 5.10 Å². The molecule has 0 saturated carbocycles. The standard InChI is InChI=1S/C19H20BrN3O3/c1-3-14-7-5-6-8-16(14)22-18(24)19(25)23-21-12-13-9-10-17(26-4-2)15(20)11-13/h5-12H,3-4H2,1-2H3,(H,22,24)(H,23,25)/b21-12-. The minimum atomic E-state index is -0.836. The maximum Gasteiger partial charge on any atom is 0.329 e. The highest BCUT2D eigenvalue weighted by Crippen LogP contribution is 2.25. The van der Waals surface area contributed by atoms with Gasteiger partial charge in [-0.25, -0.2) is 5.43 Å². The van der Waals surface area contributed by atoms with Gasteiger partial charge >= 0.3 is 11.8 Å². The van der Waals surface area contributed by atoms with Gasteiger partial charge in [0.2, 0.25) is 0 Å². The lowest BCUT2D eigenvalue weighted by Gasteiger charge is -2.08. The summed E-state index contributed by atoms with van der Waals surface area (Å²) >= 11 is 3.40. The van der Waals surface area contributed by atoms with Crippen LogP contribution >= 0.6 is 15.9 Å². The highest BCUT2D eigenvalue weighted by atomic mass is 79.9. The first-order valence-corrected chi connectivity index (χ1v) is 8.99. The molecule has 0 fully saturated rings. The first-order chi connectivity index (χ1) is 12.5. The SMILES string of the molecule is CCOc1ccc(/C=N\NC(=O)C(=O)Nc2ccccc2CC)cc1Br. The minimum Gasteiger partial charge on any atom is -0.493 e. The highest BCUT2D eigenvalue weighted by Gasteiger charge is 2.14. The van der Waals surface area contributed by atoms with Crippen LogP contribution in [-0.2, 0) is 16.0 Å². The summed E-state index contributed by atoms with van der Waals surface area (Å²) in [6, 6.07) is 12.7. The van der Waals surface area contributed by atoms with Crippen molar-refractivity contribution >= 4 is 39.6 Å². The third-order valence-electron chi connectivity index (χ3n) is 3.49. The summed E-state index contributed by atoms with van der Waals surface area (Å²) in [5.41, 5.74) is 4.54. The van der Waals surface area contributed by atoms with Crippen LogP contribution in [0.25, 0.3) is 0 Å². The van der Waals surface area contributed by atoms with Crippen molar-refractivity contribution in [3.05, 3.63) is 58.1 Å². The van der Waals surface area contributed by atoms with E-state index in [-0.39, 0.29) is 0 Å². The predicted molar refractivity (Wildman–Crippen MR) is 105 cm³/mol. The third-order valence-corrected chi connectivity index (χ3v) is 4.11. The maximum atomic E-state index is 12.0. The Labute approximate surface area is 160 Å². The fourth-order valence-corrected chi connectivity index (χ4v) is 2.73. The van der Waals surface area contributed by atoms with Gasteiger partial charge in [0.25, 0.3) is 0 Å². The summed E-state index contributed by atoms with van der Waals surface area (Å²) in [5, 5.41) is 6.41. The molecule has 0 bridgehead atoms. The summed E-state index contributed by atoms with van der Waals surface area (Å²) in [6.45, 7) is 4.45. The lowest BCUT2D eigenvalue weighted by molar-refractivity contribution is -0.136. The van der Waals surface area contributed by atoms with Crippen LogP contribution in [0, 0.1) is 0 Å². The zero-order valence-electron chi connectivity index (χ0n) is 14.6. The van der Waals surface area contributed by atoms with E-state index in [9.17, 15) is 9.59 Å². The molecule has 2 N–H and O–H groups in total. The number of halogens is 1. The Balaban J connectivity index is 1.94. The molecule has 2 amide bonds. The van der Waals surface area contributed by atoms with Crippen molar-refractivity contribution in [1.82, 2.24) is 5.43 Å². The van der Waals surface area contributed by atoms with Gasteiger partial charge in [-0.1, -0.05) is 25.1 Å². The van der Waals surface area contributed by atoms with E-state index < -0.39 is 11.8 Å². The summed E-state index contributed by atoms with van der Waals surface area (Å²) < 4.78 is 6.21. The number of hydrazone groups is 1. The second kappa shape index (κ2) is 9.72. The van der Waals surface area contributed by atoms with Crippen LogP contribution < -0.4 is 15.5 Å². The molecule has 0 saturated heterocycles. The van der Waals surface area contributed by atoms with Gasteiger partial charge in [0, 0.05) is 5.69 Å². The molecule has 2 aromatic carbocycles. The van der Waals surface area contributed by atoms with E-state index in [0.29, 0.717) is 12.3 Å². The van der Waals surface area contributed by atoms with Gasteiger partial charge in [0.1, 0.15) is 5.75 Å². The lowest BCUT2D eigenvalue weighted by atomic mass is 10.1. The summed E-state index contributed by atoms with van der Waals surface area (Å²) in [5.74, 6) is -0.879. The van der Waals surface area contributed by atoms with Crippen LogP contribution in [0.15, 0.2) is 52.0 Å². The molecule has 6 nitrogen and oxygen atoms in total. The molecule has 0 aliphatic rings. The van der Waals surface area contributed by atoms with Gasteiger partial charge in [-0.2, -0.15) is 5.10 Å². The van der Waals surface area contributed by atoms with E-state index in [1.165, 1.54) is 6.21 Å². The van der Waals surface area contributed by atoms with E-state index in [0.717, 1.165) is 27.8 Å². The van der Waals surface area contributed by atoms with Crippen LogP contribution in [0.3, 0.4) is 0 Å². The van der Waals surface area contributed by atoms with E-state index in [1.54, 1.807) is 30.3 Å². The first-order valence-electron chi connectivity index (χ1n) is 8.19. The minimum absolute atomic E-state index is 0.568. The van der Waals surface area contributed by atoms with Gasteiger partial charge in [0.05, 0.1) is 17.3 Å². The largest absolute Gasteiger partial charge is 0.493 e. The number of benzene rings is 2. The number of para-hydroxylation sites is 1. The van der Waals surface area contributed by atoms with Gasteiger partial charge < -0.3 is 10.1 Å². The molecule has 136 valence electrons. The second-order valence-electron chi connectivity index (χ2n) is 5.29. The summed E-state index contributed by atoms with van der Waals surface area (Å²) in [4.78, 5) is 23.8. The average molecular weight is 418 g/mol. The van der Waals surface area contributed by atoms with Crippen molar-refractivity contribution in [3.8, 4) is 5.75 Å². The molecule has 26 heavy (non-hydrogen) atoms. The van der Waals surface area contributed by atoms with Crippen LogP contribution in [0.4, 0.5) is 5.69 Å². The maximum absolute atomic E-state index is 12.0. The van der Waals surface area contributed by atoms with Crippen molar-refractivity contribution in [1.29, 1.82) is 0 Å². The highest BCUT2D eigenvalue weighted by molar-refractivity contribution is 9.10. The predicted octanol–water partition coefficient (Wildman–Crippen LogP) is 3.50. The van der Waals surface area contributed by atoms with Gasteiger partial charge in [-0.05, 0) is 64.7 Å². The van der Waals surface area contributed by atoms with Gasteiger partial charge in [-0.3, -0.25) is 9.59 Å². The molecule has 0 atom stereocenters. The molecular weight excluding hydrogens is 398 g/mol. The fraction of sp³-hybridized carbons (Fsp3) is 0.211. The summed E-state index contributed by atoms with van der Waals surface area (Å²) in [6.07, 6.45) is 2.20. The molecule has 7 heteroatoms. The Morgan fingerprint density at radius 2 is 1.92 bits per heavy atom. The van der Waals surface area contributed by atoms with Crippen molar-refractivity contribution in [2.45, 2.75) is 20.3 Å².